The van der Waals surface area contributed by atoms with Crippen molar-refractivity contribution < 1.29 is 18.0 Å². The SMILES string of the molecule is O=C1C=CCC[C@@H]1SC(F)(F)F. The summed E-state index contributed by atoms with van der Waals surface area (Å²) < 4.78 is 35.4. The fourth-order valence-electron chi connectivity index (χ4n) is 0.975. The van der Waals surface area contributed by atoms with E-state index < -0.39 is 16.5 Å². The van der Waals surface area contributed by atoms with Gasteiger partial charge in [-0.1, -0.05) is 6.08 Å². The van der Waals surface area contributed by atoms with Gasteiger partial charge in [-0.15, -0.1) is 0 Å². The molecule has 12 heavy (non-hydrogen) atoms. The standard InChI is InChI=1S/C7H7F3OS/c8-7(9,10)12-6-4-2-1-3-5(6)11/h1,3,6H,2,4H2/t6-/m0/s1. The van der Waals surface area contributed by atoms with E-state index in [0.717, 1.165) is 0 Å². The van der Waals surface area contributed by atoms with E-state index in [9.17, 15) is 18.0 Å². The maximum absolute atomic E-state index is 11.8. The van der Waals surface area contributed by atoms with Gasteiger partial charge in [0.2, 0.25) is 0 Å². The Bertz CT molecular complexity index is 209. The smallest absolute Gasteiger partial charge is 0.294 e. The first-order valence-corrected chi connectivity index (χ1v) is 4.32. The molecule has 0 radical (unpaired) electrons. The van der Waals surface area contributed by atoms with Crippen molar-refractivity contribution >= 4 is 17.5 Å². The Morgan fingerprint density at radius 3 is 2.67 bits per heavy atom. The van der Waals surface area contributed by atoms with Crippen molar-refractivity contribution in [1.82, 2.24) is 0 Å². The molecule has 0 aliphatic heterocycles. The summed E-state index contributed by atoms with van der Waals surface area (Å²) in [6.45, 7) is 0. The highest BCUT2D eigenvalue weighted by molar-refractivity contribution is 8.01. The predicted octanol–water partition coefficient (Wildman–Crippen LogP) is 2.53. The van der Waals surface area contributed by atoms with Crippen LogP contribution in [-0.2, 0) is 4.79 Å². The molecular formula is C7H7F3OS. The Morgan fingerprint density at radius 2 is 2.17 bits per heavy atom. The van der Waals surface area contributed by atoms with Crippen molar-refractivity contribution in [2.45, 2.75) is 23.6 Å². The summed E-state index contributed by atoms with van der Waals surface area (Å²) in [5.74, 6) is -0.427. The van der Waals surface area contributed by atoms with Gasteiger partial charge in [0.1, 0.15) is 0 Å². The molecule has 0 amide bonds. The van der Waals surface area contributed by atoms with Crippen LogP contribution in [0.3, 0.4) is 0 Å². The second kappa shape index (κ2) is 3.51. The second-order valence-electron chi connectivity index (χ2n) is 2.43. The molecule has 0 saturated carbocycles. The fraction of sp³-hybridized carbons (Fsp3) is 0.571. The molecular weight excluding hydrogens is 189 g/mol. The van der Waals surface area contributed by atoms with E-state index >= 15 is 0 Å². The van der Waals surface area contributed by atoms with Gasteiger partial charge in [0.15, 0.2) is 5.78 Å². The normalized spacial score (nSPS) is 24.6. The van der Waals surface area contributed by atoms with E-state index in [1.54, 1.807) is 6.08 Å². The van der Waals surface area contributed by atoms with Gasteiger partial charge >= 0.3 is 5.51 Å². The van der Waals surface area contributed by atoms with Gasteiger partial charge in [0.05, 0.1) is 5.25 Å². The first kappa shape index (κ1) is 9.64. The summed E-state index contributed by atoms with van der Waals surface area (Å²) in [5, 5.41) is -0.921. The number of allylic oxidation sites excluding steroid dienone is 2. The Morgan fingerprint density at radius 1 is 1.50 bits per heavy atom. The van der Waals surface area contributed by atoms with Crippen LogP contribution in [0.4, 0.5) is 13.2 Å². The van der Waals surface area contributed by atoms with Crippen LogP contribution in [-0.4, -0.2) is 16.5 Å². The van der Waals surface area contributed by atoms with E-state index in [1.807, 2.05) is 0 Å². The number of halogens is 3. The van der Waals surface area contributed by atoms with Crippen LogP contribution in [0.1, 0.15) is 12.8 Å². The number of thioether (sulfide) groups is 1. The van der Waals surface area contributed by atoms with Gasteiger partial charge in [0.25, 0.3) is 0 Å². The van der Waals surface area contributed by atoms with Crippen molar-refractivity contribution in [2.75, 3.05) is 0 Å². The van der Waals surface area contributed by atoms with Crippen LogP contribution in [0.15, 0.2) is 12.2 Å². The van der Waals surface area contributed by atoms with E-state index in [1.165, 1.54) is 6.08 Å². The van der Waals surface area contributed by atoms with E-state index in [4.69, 9.17) is 0 Å². The van der Waals surface area contributed by atoms with Gasteiger partial charge in [-0.25, -0.2) is 0 Å². The molecule has 0 saturated heterocycles. The zero-order chi connectivity index (χ0) is 9.19. The molecule has 0 spiro atoms. The largest absolute Gasteiger partial charge is 0.442 e. The minimum atomic E-state index is -4.30. The van der Waals surface area contributed by atoms with E-state index in [2.05, 4.69) is 0 Å². The number of hydrogen-bond acceptors (Lipinski definition) is 2. The second-order valence-corrected chi connectivity index (χ2v) is 3.70. The highest BCUT2D eigenvalue weighted by atomic mass is 32.2. The minimum absolute atomic E-state index is 0.215. The zero-order valence-electron chi connectivity index (χ0n) is 6.10. The monoisotopic (exact) mass is 196 g/mol. The van der Waals surface area contributed by atoms with Crippen LogP contribution in [0.5, 0.6) is 0 Å². The average Bonchev–Trinajstić information content (AvgIpc) is 1.91. The maximum Gasteiger partial charge on any atom is 0.442 e. The predicted molar refractivity (Wildman–Crippen MR) is 40.8 cm³/mol. The summed E-state index contributed by atoms with van der Waals surface area (Å²) in [6, 6.07) is 0. The summed E-state index contributed by atoms with van der Waals surface area (Å²) in [7, 11) is 0. The molecule has 5 heteroatoms. The molecule has 1 atom stereocenters. The topological polar surface area (TPSA) is 17.1 Å². The Kier molecular flexibility index (Phi) is 2.82. The number of ketones is 1. The molecule has 0 N–H and O–H groups in total. The zero-order valence-corrected chi connectivity index (χ0v) is 6.91. The Balaban J connectivity index is 2.53. The van der Waals surface area contributed by atoms with Gasteiger partial charge in [-0.05, 0) is 30.7 Å². The van der Waals surface area contributed by atoms with Crippen molar-refractivity contribution in [2.24, 2.45) is 0 Å². The molecule has 1 aliphatic carbocycles. The highest BCUT2D eigenvalue weighted by Gasteiger charge is 2.35. The lowest BCUT2D eigenvalue weighted by molar-refractivity contribution is -0.114. The van der Waals surface area contributed by atoms with Crippen LogP contribution in [0, 0.1) is 0 Å². The third-order valence-electron chi connectivity index (χ3n) is 1.47. The molecule has 0 aromatic heterocycles. The average molecular weight is 196 g/mol. The molecule has 0 unspecified atom stereocenters. The van der Waals surface area contributed by atoms with Gasteiger partial charge in [-0.2, -0.15) is 13.2 Å². The Labute approximate surface area is 72.0 Å². The summed E-state index contributed by atoms with van der Waals surface area (Å²) >= 11 is -0.215. The molecule has 0 heterocycles. The molecule has 0 aromatic carbocycles. The number of alkyl halides is 3. The summed E-state index contributed by atoms with van der Waals surface area (Å²) in [6.07, 6.45) is 3.68. The summed E-state index contributed by atoms with van der Waals surface area (Å²) in [5.41, 5.74) is -4.30. The summed E-state index contributed by atoms with van der Waals surface area (Å²) in [4.78, 5) is 10.9. The number of carbonyl (C=O) groups excluding carboxylic acids is 1. The molecule has 1 rings (SSSR count). The Hall–Kier alpha value is -0.450. The van der Waals surface area contributed by atoms with Gasteiger partial charge in [0, 0.05) is 0 Å². The lowest BCUT2D eigenvalue weighted by atomic mass is 10.1. The molecule has 0 bridgehead atoms. The number of hydrogen-bond donors (Lipinski definition) is 0. The molecule has 1 aliphatic rings. The van der Waals surface area contributed by atoms with E-state index in [-0.39, 0.29) is 11.8 Å². The third-order valence-corrected chi connectivity index (χ3v) is 2.49. The lowest BCUT2D eigenvalue weighted by Gasteiger charge is -2.16. The van der Waals surface area contributed by atoms with Crippen LogP contribution in [0.2, 0.25) is 0 Å². The number of rotatable bonds is 1. The number of carbonyl (C=O) groups is 1. The van der Waals surface area contributed by atoms with Crippen molar-refractivity contribution in [3.05, 3.63) is 12.2 Å². The van der Waals surface area contributed by atoms with Crippen molar-refractivity contribution in [3.8, 4) is 0 Å². The third kappa shape index (κ3) is 2.89. The van der Waals surface area contributed by atoms with Gasteiger partial charge < -0.3 is 0 Å². The van der Waals surface area contributed by atoms with Crippen LogP contribution < -0.4 is 0 Å². The minimum Gasteiger partial charge on any atom is -0.294 e. The van der Waals surface area contributed by atoms with Crippen molar-refractivity contribution in [3.63, 3.8) is 0 Å². The molecule has 0 fully saturated rings. The first-order valence-electron chi connectivity index (χ1n) is 3.44. The van der Waals surface area contributed by atoms with Crippen LogP contribution in [0.25, 0.3) is 0 Å². The molecule has 68 valence electrons. The lowest BCUT2D eigenvalue weighted by Crippen LogP contribution is -2.22. The maximum atomic E-state index is 11.8. The van der Waals surface area contributed by atoms with Crippen LogP contribution >= 0.6 is 11.8 Å². The molecule has 1 nitrogen and oxygen atoms in total. The highest BCUT2D eigenvalue weighted by Crippen LogP contribution is 2.37. The van der Waals surface area contributed by atoms with Crippen molar-refractivity contribution in [1.29, 1.82) is 0 Å². The fourth-order valence-corrected chi connectivity index (χ4v) is 1.75. The van der Waals surface area contributed by atoms with Gasteiger partial charge in [-0.3, -0.25) is 4.79 Å². The molecule has 0 aromatic rings. The quantitative estimate of drug-likeness (QED) is 0.641. The first-order chi connectivity index (χ1) is 5.49. The van der Waals surface area contributed by atoms with E-state index in [0.29, 0.717) is 12.8 Å².